The summed E-state index contributed by atoms with van der Waals surface area (Å²) in [5.41, 5.74) is 5.03. The number of anilines is 1. The maximum Gasteiger partial charge on any atom is 0.243 e. The van der Waals surface area contributed by atoms with E-state index in [-0.39, 0.29) is 11.8 Å². The summed E-state index contributed by atoms with van der Waals surface area (Å²) in [6.07, 6.45) is 2.70. The van der Waals surface area contributed by atoms with Gasteiger partial charge in [-0.05, 0) is 68.9 Å². The third-order valence-electron chi connectivity index (χ3n) is 6.45. The van der Waals surface area contributed by atoms with E-state index in [4.69, 9.17) is 0 Å². The van der Waals surface area contributed by atoms with Gasteiger partial charge in [0, 0.05) is 24.4 Å². The van der Waals surface area contributed by atoms with Crippen LogP contribution in [0.25, 0.3) is 10.9 Å². The second-order valence-corrected chi connectivity index (χ2v) is 10.3. The summed E-state index contributed by atoms with van der Waals surface area (Å²) >= 11 is 0. The zero-order chi connectivity index (χ0) is 22.3. The van der Waals surface area contributed by atoms with Gasteiger partial charge in [-0.1, -0.05) is 18.2 Å². The maximum atomic E-state index is 13.4. The van der Waals surface area contributed by atoms with E-state index in [0.29, 0.717) is 36.5 Å². The highest BCUT2D eigenvalue weighted by molar-refractivity contribution is 7.89. The van der Waals surface area contributed by atoms with Gasteiger partial charge in [0.2, 0.25) is 15.9 Å². The molecule has 1 saturated heterocycles. The topological polar surface area (TPSA) is 95.2 Å². The zero-order valence-corrected chi connectivity index (χ0v) is 19.1. The SMILES string of the molecule is Cc1cc(C)c(C)c(S(=O)(=O)N2CCC(C(=O)Nc3cccc4cn[nH]c34)CC2)c1C. The van der Waals surface area contributed by atoms with Gasteiger partial charge in [-0.25, -0.2) is 8.42 Å². The number of benzene rings is 2. The molecule has 164 valence electrons. The summed E-state index contributed by atoms with van der Waals surface area (Å²) in [4.78, 5) is 13.3. The summed E-state index contributed by atoms with van der Waals surface area (Å²) in [7, 11) is -3.61. The van der Waals surface area contributed by atoms with E-state index in [0.717, 1.165) is 33.2 Å². The van der Waals surface area contributed by atoms with Crippen LogP contribution < -0.4 is 5.32 Å². The van der Waals surface area contributed by atoms with Crippen molar-refractivity contribution >= 4 is 32.5 Å². The predicted molar refractivity (Wildman–Crippen MR) is 122 cm³/mol. The third kappa shape index (κ3) is 3.85. The zero-order valence-electron chi connectivity index (χ0n) is 18.3. The molecule has 0 saturated carbocycles. The molecule has 0 atom stereocenters. The number of para-hydroxylation sites is 1. The van der Waals surface area contributed by atoms with Crippen molar-refractivity contribution in [3.63, 3.8) is 0 Å². The molecule has 7 nitrogen and oxygen atoms in total. The first-order valence-electron chi connectivity index (χ1n) is 10.5. The van der Waals surface area contributed by atoms with E-state index in [9.17, 15) is 13.2 Å². The number of hydrogen-bond donors (Lipinski definition) is 2. The highest BCUT2D eigenvalue weighted by Crippen LogP contribution is 2.31. The molecule has 1 fully saturated rings. The normalized spacial score (nSPS) is 16.0. The molecule has 0 aliphatic carbocycles. The van der Waals surface area contributed by atoms with E-state index in [2.05, 4.69) is 15.5 Å². The Balaban J connectivity index is 1.49. The number of nitrogens with zero attached hydrogens (tertiary/aromatic N) is 2. The summed E-state index contributed by atoms with van der Waals surface area (Å²) in [6.45, 7) is 8.28. The van der Waals surface area contributed by atoms with E-state index >= 15 is 0 Å². The van der Waals surface area contributed by atoms with Crippen LogP contribution in [0.2, 0.25) is 0 Å². The van der Waals surface area contributed by atoms with Crippen molar-refractivity contribution < 1.29 is 13.2 Å². The van der Waals surface area contributed by atoms with Crippen molar-refractivity contribution in [3.8, 4) is 0 Å². The molecule has 0 spiro atoms. The predicted octanol–water partition coefficient (Wildman–Crippen LogP) is 3.84. The Morgan fingerprint density at radius 2 is 1.74 bits per heavy atom. The van der Waals surface area contributed by atoms with Gasteiger partial charge in [0.05, 0.1) is 22.3 Å². The molecule has 0 unspecified atom stereocenters. The number of sulfonamides is 1. The van der Waals surface area contributed by atoms with Crippen LogP contribution in [-0.4, -0.2) is 41.9 Å². The van der Waals surface area contributed by atoms with Gasteiger partial charge in [-0.3, -0.25) is 9.89 Å². The Hall–Kier alpha value is -2.71. The largest absolute Gasteiger partial charge is 0.324 e. The Bertz CT molecular complexity index is 1230. The lowest BCUT2D eigenvalue weighted by Gasteiger charge is -2.31. The van der Waals surface area contributed by atoms with Crippen LogP contribution in [0.15, 0.2) is 35.4 Å². The first kappa shape index (κ1) is 21.5. The lowest BCUT2D eigenvalue weighted by atomic mass is 9.97. The van der Waals surface area contributed by atoms with E-state index in [1.165, 1.54) is 4.31 Å². The van der Waals surface area contributed by atoms with E-state index in [1.807, 2.05) is 52.0 Å². The second-order valence-electron chi connectivity index (χ2n) is 8.40. The van der Waals surface area contributed by atoms with Crippen LogP contribution >= 0.6 is 0 Å². The molecule has 31 heavy (non-hydrogen) atoms. The summed E-state index contributed by atoms with van der Waals surface area (Å²) in [5, 5.41) is 10.8. The van der Waals surface area contributed by atoms with Gasteiger partial charge in [-0.15, -0.1) is 0 Å². The smallest absolute Gasteiger partial charge is 0.243 e. The molecule has 3 aromatic rings. The fourth-order valence-electron chi connectivity index (χ4n) is 4.36. The minimum Gasteiger partial charge on any atom is -0.324 e. The molecule has 0 bridgehead atoms. The minimum atomic E-state index is -3.61. The average molecular weight is 441 g/mol. The molecule has 1 aliphatic heterocycles. The standard InChI is InChI=1S/C23H28N4O3S/c1-14-12-15(2)17(4)22(16(14)3)31(29,30)27-10-8-18(9-11-27)23(28)25-20-7-5-6-19-13-24-26-21(19)20/h5-7,12-13,18H,8-11H2,1-4H3,(H,24,26)(H,25,28). The number of hydrogen-bond acceptors (Lipinski definition) is 4. The van der Waals surface area contributed by atoms with Gasteiger partial charge in [-0.2, -0.15) is 9.40 Å². The molecular weight excluding hydrogens is 412 g/mol. The lowest BCUT2D eigenvalue weighted by Crippen LogP contribution is -2.41. The fourth-order valence-corrected chi connectivity index (χ4v) is 6.41. The van der Waals surface area contributed by atoms with Crippen molar-refractivity contribution in [2.45, 2.75) is 45.4 Å². The van der Waals surface area contributed by atoms with Crippen LogP contribution in [0.4, 0.5) is 5.69 Å². The molecule has 0 radical (unpaired) electrons. The molecule has 2 N–H and O–H groups in total. The Morgan fingerprint density at radius 1 is 1.10 bits per heavy atom. The number of carbonyl (C=O) groups excluding carboxylic acids is 1. The number of rotatable bonds is 4. The van der Waals surface area contributed by atoms with Crippen LogP contribution in [0, 0.1) is 33.6 Å². The van der Waals surface area contributed by atoms with Crippen molar-refractivity contribution in [1.29, 1.82) is 0 Å². The van der Waals surface area contributed by atoms with Gasteiger partial charge in [0.15, 0.2) is 0 Å². The number of piperidine rings is 1. The monoisotopic (exact) mass is 440 g/mol. The molecular formula is C23H28N4O3S. The van der Waals surface area contributed by atoms with Gasteiger partial charge in [0.1, 0.15) is 0 Å². The van der Waals surface area contributed by atoms with Gasteiger partial charge >= 0.3 is 0 Å². The Labute approximate surface area is 182 Å². The first-order valence-corrected chi connectivity index (χ1v) is 11.9. The van der Waals surface area contributed by atoms with Gasteiger partial charge in [0.25, 0.3) is 0 Å². The maximum absolute atomic E-state index is 13.4. The number of aryl methyl sites for hydroxylation is 2. The number of nitrogens with one attached hydrogen (secondary N) is 2. The molecule has 1 amide bonds. The second kappa shape index (κ2) is 8.09. The lowest BCUT2D eigenvalue weighted by molar-refractivity contribution is -0.120. The first-order chi connectivity index (χ1) is 14.7. The Morgan fingerprint density at radius 3 is 2.39 bits per heavy atom. The quantitative estimate of drug-likeness (QED) is 0.644. The molecule has 2 heterocycles. The fraction of sp³-hybridized carbons (Fsp3) is 0.391. The number of carbonyl (C=O) groups is 1. The molecule has 4 rings (SSSR count). The summed E-state index contributed by atoms with van der Waals surface area (Å²) in [6, 6.07) is 7.66. The van der Waals surface area contributed by atoms with Gasteiger partial charge < -0.3 is 5.32 Å². The van der Waals surface area contributed by atoms with Crippen molar-refractivity contribution in [2.75, 3.05) is 18.4 Å². The van der Waals surface area contributed by atoms with Crippen LogP contribution in [0.3, 0.4) is 0 Å². The van der Waals surface area contributed by atoms with E-state index in [1.54, 1.807) is 6.20 Å². The minimum absolute atomic E-state index is 0.0853. The number of fused-ring (bicyclic) bond motifs is 1. The molecule has 8 heteroatoms. The average Bonchev–Trinajstić information content (AvgIpc) is 3.22. The van der Waals surface area contributed by atoms with Crippen LogP contribution in [0.1, 0.15) is 35.1 Å². The number of amides is 1. The highest BCUT2D eigenvalue weighted by Gasteiger charge is 2.34. The molecule has 1 aliphatic rings. The number of aromatic amines is 1. The summed E-state index contributed by atoms with van der Waals surface area (Å²) < 4.78 is 28.4. The van der Waals surface area contributed by atoms with Crippen molar-refractivity contribution in [2.24, 2.45) is 5.92 Å². The van der Waals surface area contributed by atoms with Crippen molar-refractivity contribution in [3.05, 3.63) is 52.7 Å². The third-order valence-corrected chi connectivity index (χ3v) is 8.63. The Kier molecular flexibility index (Phi) is 5.61. The highest BCUT2D eigenvalue weighted by atomic mass is 32.2. The molecule has 1 aromatic heterocycles. The number of H-pyrrole nitrogens is 1. The number of aromatic nitrogens is 2. The van der Waals surface area contributed by atoms with E-state index < -0.39 is 10.0 Å². The molecule has 2 aromatic carbocycles. The van der Waals surface area contributed by atoms with Crippen LogP contribution in [-0.2, 0) is 14.8 Å². The van der Waals surface area contributed by atoms with Crippen LogP contribution in [0.5, 0.6) is 0 Å². The summed E-state index contributed by atoms with van der Waals surface area (Å²) in [5.74, 6) is -0.316. The van der Waals surface area contributed by atoms with Crippen molar-refractivity contribution in [1.82, 2.24) is 14.5 Å².